The van der Waals surface area contributed by atoms with Gasteiger partial charge in [-0.3, -0.25) is 9.78 Å². The molecule has 0 bridgehead atoms. The first kappa shape index (κ1) is 15.5. The molecule has 0 fully saturated rings. The molecule has 1 amide bonds. The minimum atomic E-state index is -0.359. The molecule has 108 valence electrons. The number of aromatic nitrogens is 1. The molecular formula is C14H11BrClN3O2. The zero-order valence-electron chi connectivity index (χ0n) is 10.8. The highest BCUT2D eigenvalue weighted by molar-refractivity contribution is 9.10. The Bertz CT molecular complexity index is 650. The SMILES string of the molecule is O=C(COc1ccc(Cl)cc1Br)NN=Cc1ccncc1. The summed E-state index contributed by atoms with van der Waals surface area (Å²) < 4.78 is 6.04. The Labute approximate surface area is 135 Å². The van der Waals surface area contributed by atoms with E-state index in [0.29, 0.717) is 15.2 Å². The molecule has 0 saturated carbocycles. The number of carbonyl (C=O) groups is 1. The summed E-state index contributed by atoms with van der Waals surface area (Å²) in [7, 11) is 0. The number of pyridine rings is 1. The number of carbonyl (C=O) groups excluding carboxylic acids is 1. The second kappa shape index (κ2) is 7.75. The van der Waals surface area contributed by atoms with Crippen LogP contribution >= 0.6 is 27.5 Å². The number of benzene rings is 1. The molecule has 5 nitrogen and oxygen atoms in total. The predicted molar refractivity (Wildman–Crippen MR) is 84.6 cm³/mol. The molecule has 7 heteroatoms. The van der Waals surface area contributed by atoms with Gasteiger partial charge >= 0.3 is 0 Å². The second-order valence-corrected chi connectivity index (χ2v) is 5.23. The molecule has 2 rings (SSSR count). The molecule has 21 heavy (non-hydrogen) atoms. The molecule has 0 atom stereocenters. The van der Waals surface area contributed by atoms with E-state index in [2.05, 4.69) is 31.4 Å². The number of hydrogen-bond acceptors (Lipinski definition) is 4. The van der Waals surface area contributed by atoms with E-state index < -0.39 is 0 Å². The third-order valence-corrected chi connectivity index (χ3v) is 3.22. The number of rotatable bonds is 5. The van der Waals surface area contributed by atoms with Crippen molar-refractivity contribution in [1.82, 2.24) is 10.4 Å². The summed E-state index contributed by atoms with van der Waals surface area (Å²) in [5, 5.41) is 4.41. The lowest BCUT2D eigenvalue weighted by atomic mass is 10.3. The van der Waals surface area contributed by atoms with Gasteiger partial charge < -0.3 is 4.74 Å². The van der Waals surface area contributed by atoms with Gasteiger partial charge in [0.25, 0.3) is 5.91 Å². The first-order chi connectivity index (χ1) is 10.1. The molecule has 0 aliphatic heterocycles. The normalized spacial score (nSPS) is 10.6. The summed E-state index contributed by atoms with van der Waals surface area (Å²) in [6.07, 6.45) is 4.81. The van der Waals surface area contributed by atoms with Gasteiger partial charge in [-0.1, -0.05) is 11.6 Å². The van der Waals surface area contributed by atoms with Crippen LogP contribution in [0.25, 0.3) is 0 Å². The Balaban J connectivity index is 1.81. The standard InChI is InChI=1S/C14H11BrClN3O2/c15-12-7-11(16)1-2-13(12)21-9-14(20)19-18-8-10-3-5-17-6-4-10/h1-8H,9H2,(H,19,20). The van der Waals surface area contributed by atoms with Gasteiger partial charge in [-0.2, -0.15) is 5.10 Å². The van der Waals surface area contributed by atoms with Crippen LogP contribution in [0.2, 0.25) is 5.02 Å². The summed E-state index contributed by atoms with van der Waals surface area (Å²) in [6.45, 7) is -0.145. The highest BCUT2D eigenvalue weighted by Crippen LogP contribution is 2.27. The van der Waals surface area contributed by atoms with Gasteiger partial charge in [-0.15, -0.1) is 0 Å². The van der Waals surface area contributed by atoms with Crippen LogP contribution in [0.15, 0.2) is 52.3 Å². The van der Waals surface area contributed by atoms with Gasteiger partial charge in [0.2, 0.25) is 0 Å². The Kier molecular flexibility index (Phi) is 5.71. The second-order valence-electron chi connectivity index (χ2n) is 3.94. The minimum absolute atomic E-state index is 0.145. The smallest absolute Gasteiger partial charge is 0.277 e. The van der Waals surface area contributed by atoms with Gasteiger partial charge in [-0.05, 0) is 51.8 Å². The van der Waals surface area contributed by atoms with Crippen LogP contribution in [0.4, 0.5) is 0 Å². The van der Waals surface area contributed by atoms with E-state index in [4.69, 9.17) is 16.3 Å². The number of amides is 1. The Hall–Kier alpha value is -1.92. The fourth-order valence-electron chi connectivity index (χ4n) is 1.40. The molecule has 1 heterocycles. The summed E-state index contributed by atoms with van der Waals surface area (Å²) in [5.41, 5.74) is 3.22. The van der Waals surface area contributed by atoms with Crippen molar-refractivity contribution in [3.63, 3.8) is 0 Å². The molecule has 1 aromatic heterocycles. The van der Waals surface area contributed by atoms with Gasteiger partial charge in [0.15, 0.2) is 6.61 Å². The fourth-order valence-corrected chi connectivity index (χ4v) is 2.19. The van der Waals surface area contributed by atoms with Crippen LogP contribution < -0.4 is 10.2 Å². The van der Waals surface area contributed by atoms with E-state index in [-0.39, 0.29) is 12.5 Å². The van der Waals surface area contributed by atoms with Crippen LogP contribution in [0, 0.1) is 0 Å². The van der Waals surface area contributed by atoms with E-state index in [9.17, 15) is 4.79 Å². The molecule has 0 aliphatic carbocycles. The van der Waals surface area contributed by atoms with E-state index in [1.165, 1.54) is 6.21 Å². The topological polar surface area (TPSA) is 63.6 Å². The van der Waals surface area contributed by atoms with Gasteiger partial charge in [-0.25, -0.2) is 5.43 Å². The van der Waals surface area contributed by atoms with Crippen LogP contribution in [-0.4, -0.2) is 23.7 Å². The Morgan fingerprint density at radius 1 is 1.38 bits per heavy atom. The van der Waals surface area contributed by atoms with Crippen molar-refractivity contribution in [3.05, 3.63) is 57.8 Å². The summed E-state index contributed by atoms with van der Waals surface area (Å²) >= 11 is 9.12. The number of hydrazone groups is 1. The fraction of sp³-hybridized carbons (Fsp3) is 0.0714. The van der Waals surface area contributed by atoms with Crippen molar-refractivity contribution in [3.8, 4) is 5.75 Å². The predicted octanol–water partition coefficient (Wildman–Crippen LogP) is 3.03. The summed E-state index contributed by atoms with van der Waals surface area (Å²) in [5.74, 6) is 0.176. The molecule has 0 spiro atoms. The number of nitrogens with one attached hydrogen (secondary N) is 1. The van der Waals surface area contributed by atoms with Crippen LogP contribution in [0.5, 0.6) is 5.75 Å². The maximum atomic E-state index is 11.6. The molecule has 0 saturated heterocycles. The van der Waals surface area contributed by atoms with Crippen molar-refractivity contribution in [2.24, 2.45) is 5.10 Å². The third-order valence-electron chi connectivity index (χ3n) is 2.36. The Morgan fingerprint density at radius 3 is 2.86 bits per heavy atom. The van der Waals surface area contributed by atoms with Crippen molar-refractivity contribution in [2.75, 3.05) is 6.61 Å². The van der Waals surface area contributed by atoms with Crippen LogP contribution in [-0.2, 0) is 4.79 Å². The van der Waals surface area contributed by atoms with Crippen LogP contribution in [0.3, 0.4) is 0 Å². The van der Waals surface area contributed by atoms with Gasteiger partial charge in [0.1, 0.15) is 5.75 Å². The van der Waals surface area contributed by atoms with Gasteiger partial charge in [0, 0.05) is 17.4 Å². The third kappa shape index (κ3) is 5.17. The van der Waals surface area contributed by atoms with E-state index in [0.717, 1.165) is 5.56 Å². The lowest BCUT2D eigenvalue weighted by molar-refractivity contribution is -0.123. The van der Waals surface area contributed by atoms with E-state index >= 15 is 0 Å². The molecule has 1 aromatic carbocycles. The lowest BCUT2D eigenvalue weighted by Crippen LogP contribution is -2.24. The zero-order valence-corrected chi connectivity index (χ0v) is 13.1. The quantitative estimate of drug-likeness (QED) is 0.652. The van der Waals surface area contributed by atoms with E-state index in [1.807, 2.05) is 0 Å². The zero-order chi connectivity index (χ0) is 15.1. The van der Waals surface area contributed by atoms with Crippen molar-refractivity contribution < 1.29 is 9.53 Å². The number of halogens is 2. The maximum Gasteiger partial charge on any atom is 0.277 e. The molecule has 0 radical (unpaired) electrons. The first-order valence-corrected chi connectivity index (χ1v) is 7.12. The lowest BCUT2D eigenvalue weighted by Gasteiger charge is -2.07. The average Bonchev–Trinajstić information content (AvgIpc) is 2.47. The molecule has 0 unspecified atom stereocenters. The average molecular weight is 369 g/mol. The number of nitrogens with zero attached hydrogens (tertiary/aromatic N) is 2. The highest BCUT2D eigenvalue weighted by Gasteiger charge is 2.05. The largest absolute Gasteiger partial charge is 0.483 e. The monoisotopic (exact) mass is 367 g/mol. The Morgan fingerprint density at radius 2 is 2.14 bits per heavy atom. The molecule has 0 aliphatic rings. The number of ether oxygens (including phenoxy) is 1. The maximum absolute atomic E-state index is 11.6. The van der Waals surface area contributed by atoms with Gasteiger partial charge in [0.05, 0.1) is 10.7 Å². The van der Waals surface area contributed by atoms with Crippen molar-refractivity contribution in [1.29, 1.82) is 0 Å². The van der Waals surface area contributed by atoms with Crippen molar-refractivity contribution >= 4 is 39.7 Å². The van der Waals surface area contributed by atoms with Crippen molar-refractivity contribution in [2.45, 2.75) is 0 Å². The molecule has 1 N–H and O–H groups in total. The highest BCUT2D eigenvalue weighted by atomic mass is 79.9. The first-order valence-electron chi connectivity index (χ1n) is 5.95. The minimum Gasteiger partial charge on any atom is -0.483 e. The van der Waals surface area contributed by atoms with Crippen LogP contribution in [0.1, 0.15) is 5.56 Å². The molecular weight excluding hydrogens is 358 g/mol. The summed E-state index contributed by atoms with van der Waals surface area (Å²) in [6, 6.07) is 8.60. The van der Waals surface area contributed by atoms with E-state index in [1.54, 1.807) is 42.7 Å². The molecule has 2 aromatic rings. The number of hydrogen-bond donors (Lipinski definition) is 1. The summed E-state index contributed by atoms with van der Waals surface area (Å²) in [4.78, 5) is 15.5.